The number of aromatic nitrogens is 5. The van der Waals surface area contributed by atoms with Crippen molar-refractivity contribution in [1.29, 1.82) is 0 Å². The molecule has 6 heterocycles. The molecule has 1 amide bonds. The first-order valence-corrected chi connectivity index (χ1v) is 11.5. The van der Waals surface area contributed by atoms with Crippen LogP contribution in [0.15, 0.2) is 55.2 Å². The van der Waals surface area contributed by atoms with Gasteiger partial charge in [0.15, 0.2) is 0 Å². The molecule has 0 radical (unpaired) electrons. The van der Waals surface area contributed by atoms with Crippen LogP contribution in [0.2, 0.25) is 0 Å². The van der Waals surface area contributed by atoms with Crippen molar-refractivity contribution < 1.29 is 4.79 Å². The SMILES string of the molecule is Cn1cc(-c2cnc3cnc(N4CC5(CCN(c6cc(C(N)=O)ccn6)CC5)C4)cc3c2)cn1. The van der Waals surface area contributed by atoms with Crippen molar-refractivity contribution in [2.75, 3.05) is 36.0 Å². The van der Waals surface area contributed by atoms with E-state index < -0.39 is 5.91 Å². The molecule has 2 aliphatic rings. The first kappa shape index (κ1) is 20.6. The van der Waals surface area contributed by atoms with Gasteiger partial charge in [-0.05, 0) is 37.1 Å². The number of nitrogens with two attached hydrogens (primary N) is 1. The number of nitrogens with zero attached hydrogens (tertiary/aromatic N) is 7. The first-order valence-electron chi connectivity index (χ1n) is 11.5. The fourth-order valence-electron chi connectivity index (χ4n) is 5.12. The molecular formula is C25H26N8O. The quantitative estimate of drug-likeness (QED) is 0.505. The molecule has 0 unspecified atom stereocenters. The number of rotatable bonds is 4. The smallest absolute Gasteiger partial charge is 0.248 e. The van der Waals surface area contributed by atoms with Gasteiger partial charge in [0.1, 0.15) is 11.6 Å². The van der Waals surface area contributed by atoms with Crippen molar-refractivity contribution >= 4 is 28.4 Å². The minimum absolute atomic E-state index is 0.310. The molecule has 0 aliphatic carbocycles. The number of hydrogen-bond acceptors (Lipinski definition) is 7. The van der Waals surface area contributed by atoms with Crippen molar-refractivity contribution in [2.24, 2.45) is 18.2 Å². The lowest BCUT2D eigenvalue weighted by molar-refractivity contribution is 0.1000. The molecule has 9 nitrogen and oxygen atoms in total. The molecule has 34 heavy (non-hydrogen) atoms. The molecule has 1 spiro atoms. The number of amides is 1. The van der Waals surface area contributed by atoms with Crippen LogP contribution in [0.1, 0.15) is 23.2 Å². The van der Waals surface area contributed by atoms with E-state index in [0.29, 0.717) is 11.0 Å². The summed E-state index contributed by atoms with van der Waals surface area (Å²) in [6, 6.07) is 7.75. The van der Waals surface area contributed by atoms with Gasteiger partial charge in [0.05, 0.1) is 17.9 Å². The average Bonchev–Trinajstić information content (AvgIpc) is 3.28. The molecule has 0 bridgehead atoms. The molecule has 0 saturated carbocycles. The molecule has 2 fully saturated rings. The van der Waals surface area contributed by atoms with Gasteiger partial charge in [-0.2, -0.15) is 5.10 Å². The topological polar surface area (TPSA) is 106 Å². The maximum absolute atomic E-state index is 11.5. The van der Waals surface area contributed by atoms with Crippen LogP contribution in [-0.2, 0) is 7.05 Å². The Kier molecular flexibility index (Phi) is 4.72. The van der Waals surface area contributed by atoms with Crippen LogP contribution < -0.4 is 15.5 Å². The van der Waals surface area contributed by atoms with E-state index in [1.54, 1.807) is 23.0 Å². The standard InChI is InChI=1S/C25H26N8O/c1-31-14-20(12-30-31)19-8-18-10-23(29-13-21(18)28-11-19)33-15-25(16-33)3-6-32(7-4-25)22-9-17(24(26)34)2-5-27-22/h2,5,8-14H,3-4,6-7,15-16H2,1H3,(H2,26,34). The average molecular weight is 455 g/mol. The Bertz CT molecular complexity index is 1380. The van der Waals surface area contributed by atoms with E-state index >= 15 is 0 Å². The summed E-state index contributed by atoms with van der Waals surface area (Å²) in [6.45, 7) is 3.85. The van der Waals surface area contributed by atoms with E-state index in [-0.39, 0.29) is 0 Å². The van der Waals surface area contributed by atoms with Gasteiger partial charge in [-0.3, -0.25) is 14.5 Å². The molecule has 4 aromatic rings. The summed E-state index contributed by atoms with van der Waals surface area (Å²) in [5.41, 5.74) is 9.24. The number of fused-ring (bicyclic) bond motifs is 1. The van der Waals surface area contributed by atoms with Crippen molar-refractivity contribution in [3.63, 3.8) is 0 Å². The Hall–Kier alpha value is -4.01. The highest BCUT2D eigenvalue weighted by Gasteiger charge is 2.45. The molecular weight excluding hydrogens is 428 g/mol. The predicted molar refractivity (Wildman–Crippen MR) is 131 cm³/mol. The fourth-order valence-corrected chi connectivity index (χ4v) is 5.12. The van der Waals surface area contributed by atoms with Gasteiger partial charge in [-0.25, -0.2) is 9.97 Å². The van der Waals surface area contributed by atoms with Crippen LogP contribution in [-0.4, -0.2) is 56.8 Å². The van der Waals surface area contributed by atoms with Crippen LogP contribution in [0.25, 0.3) is 22.0 Å². The number of anilines is 2. The van der Waals surface area contributed by atoms with Crippen molar-refractivity contribution in [3.05, 3.63) is 60.8 Å². The molecule has 9 heteroatoms. The van der Waals surface area contributed by atoms with Crippen LogP contribution >= 0.6 is 0 Å². The Morgan fingerprint density at radius 1 is 0.941 bits per heavy atom. The molecule has 6 rings (SSSR count). The number of hydrogen-bond donors (Lipinski definition) is 1. The summed E-state index contributed by atoms with van der Waals surface area (Å²) in [5.74, 6) is 1.41. The summed E-state index contributed by atoms with van der Waals surface area (Å²) in [4.78, 5) is 29.8. The third kappa shape index (κ3) is 3.63. The zero-order chi connectivity index (χ0) is 23.3. The van der Waals surface area contributed by atoms with E-state index in [2.05, 4.69) is 42.0 Å². The first-order chi connectivity index (χ1) is 16.5. The second-order valence-corrected chi connectivity index (χ2v) is 9.47. The van der Waals surface area contributed by atoms with Crippen LogP contribution in [0.4, 0.5) is 11.6 Å². The van der Waals surface area contributed by atoms with Gasteiger partial charge in [-0.1, -0.05) is 0 Å². The molecule has 2 saturated heterocycles. The highest BCUT2D eigenvalue weighted by molar-refractivity contribution is 5.93. The summed E-state index contributed by atoms with van der Waals surface area (Å²) in [5, 5.41) is 5.35. The lowest BCUT2D eigenvalue weighted by Gasteiger charge is -2.54. The van der Waals surface area contributed by atoms with Crippen molar-refractivity contribution in [1.82, 2.24) is 24.7 Å². The molecule has 2 aliphatic heterocycles. The van der Waals surface area contributed by atoms with Crippen LogP contribution in [0.3, 0.4) is 0 Å². The van der Waals surface area contributed by atoms with E-state index in [9.17, 15) is 4.79 Å². The second-order valence-electron chi connectivity index (χ2n) is 9.47. The lowest BCUT2D eigenvalue weighted by Crippen LogP contribution is -2.60. The normalized spacial score (nSPS) is 17.2. The van der Waals surface area contributed by atoms with Crippen molar-refractivity contribution in [3.8, 4) is 11.1 Å². The van der Waals surface area contributed by atoms with Gasteiger partial charge >= 0.3 is 0 Å². The van der Waals surface area contributed by atoms with Gasteiger partial charge in [0.2, 0.25) is 5.91 Å². The predicted octanol–water partition coefficient (Wildman–Crippen LogP) is 2.63. The van der Waals surface area contributed by atoms with Crippen LogP contribution in [0, 0.1) is 5.41 Å². The Balaban J connectivity index is 1.14. The van der Waals surface area contributed by atoms with E-state index in [1.807, 2.05) is 31.8 Å². The van der Waals surface area contributed by atoms with Gasteiger partial charge < -0.3 is 15.5 Å². The van der Waals surface area contributed by atoms with E-state index in [4.69, 9.17) is 5.73 Å². The van der Waals surface area contributed by atoms with Gasteiger partial charge in [0, 0.05) is 79.3 Å². The third-order valence-electron chi connectivity index (χ3n) is 7.15. The number of carbonyl (C=O) groups excluding carboxylic acids is 1. The lowest BCUT2D eigenvalue weighted by atomic mass is 9.72. The van der Waals surface area contributed by atoms with Gasteiger partial charge in [0.25, 0.3) is 0 Å². The number of aryl methyl sites for hydroxylation is 1. The molecule has 2 N–H and O–H groups in total. The molecule has 0 aromatic carbocycles. The minimum atomic E-state index is -0.419. The van der Waals surface area contributed by atoms with Crippen molar-refractivity contribution in [2.45, 2.75) is 12.8 Å². The van der Waals surface area contributed by atoms with E-state index in [0.717, 1.165) is 72.7 Å². The number of pyridine rings is 3. The Morgan fingerprint density at radius 3 is 2.47 bits per heavy atom. The highest BCUT2D eigenvalue weighted by atomic mass is 16.1. The van der Waals surface area contributed by atoms with E-state index in [1.165, 1.54) is 0 Å². The fraction of sp³-hybridized carbons (Fsp3) is 0.320. The summed E-state index contributed by atoms with van der Waals surface area (Å²) >= 11 is 0. The number of carbonyl (C=O) groups is 1. The third-order valence-corrected chi connectivity index (χ3v) is 7.15. The number of primary amides is 1. The molecule has 0 atom stereocenters. The summed E-state index contributed by atoms with van der Waals surface area (Å²) in [6.07, 6.45) is 11.4. The molecule has 172 valence electrons. The summed E-state index contributed by atoms with van der Waals surface area (Å²) < 4.78 is 1.80. The molecule has 4 aromatic heterocycles. The Labute approximate surface area is 197 Å². The Morgan fingerprint density at radius 2 is 1.74 bits per heavy atom. The largest absolute Gasteiger partial charge is 0.366 e. The minimum Gasteiger partial charge on any atom is -0.366 e. The second kappa shape index (κ2) is 7.79. The van der Waals surface area contributed by atoms with Crippen LogP contribution in [0.5, 0.6) is 0 Å². The number of piperidine rings is 1. The maximum atomic E-state index is 11.5. The maximum Gasteiger partial charge on any atom is 0.248 e. The summed E-state index contributed by atoms with van der Waals surface area (Å²) in [7, 11) is 1.92. The highest BCUT2D eigenvalue weighted by Crippen LogP contribution is 2.43. The monoisotopic (exact) mass is 454 g/mol. The zero-order valence-corrected chi connectivity index (χ0v) is 19.1. The van der Waals surface area contributed by atoms with Gasteiger partial charge in [-0.15, -0.1) is 0 Å². The zero-order valence-electron chi connectivity index (χ0n) is 19.1.